The molecule has 158 valence electrons. The van der Waals surface area contributed by atoms with Gasteiger partial charge in [-0.05, 0) is 31.5 Å². The first kappa shape index (κ1) is 19.2. The van der Waals surface area contributed by atoms with Crippen LogP contribution in [-0.4, -0.2) is 42.1 Å². The molecule has 1 aliphatic heterocycles. The Kier molecular flexibility index (Phi) is 4.85. The number of anilines is 1. The minimum atomic E-state index is -0.144. The van der Waals surface area contributed by atoms with Gasteiger partial charge < -0.3 is 10.1 Å². The van der Waals surface area contributed by atoms with E-state index in [1.54, 1.807) is 9.20 Å². The lowest BCUT2D eigenvalue weighted by molar-refractivity contribution is -0.116. The summed E-state index contributed by atoms with van der Waals surface area (Å²) in [6.07, 6.45) is 3.92. The Morgan fingerprint density at radius 3 is 2.94 bits per heavy atom. The molecule has 0 fully saturated rings. The third kappa shape index (κ3) is 3.41. The Labute approximate surface area is 179 Å². The Bertz CT molecular complexity index is 1260. The van der Waals surface area contributed by atoms with Crippen LogP contribution in [0.5, 0.6) is 5.75 Å². The fourth-order valence-electron chi connectivity index (χ4n) is 4.04. The lowest BCUT2D eigenvalue weighted by Gasteiger charge is -2.26. The largest absolute Gasteiger partial charge is 0.493 e. The molecule has 0 spiro atoms. The Balaban J connectivity index is 1.60. The van der Waals surface area contributed by atoms with E-state index in [0.717, 1.165) is 35.4 Å². The molecule has 1 unspecified atom stereocenters. The fourth-order valence-corrected chi connectivity index (χ4v) is 4.04. The van der Waals surface area contributed by atoms with E-state index in [0.29, 0.717) is 30.3 Å². The molecule has 1 atom stereocenters. The van der Waals surface area contributed by atoms with Gasteiger partial charge in [-0.2, -0.15) is 14.3 Å². The molecule has 4 aromatic rings. The minimum Gasteiger partial charge on any atom is -0.493 e. The molecule has 1 aliphatic rings. The van der Waals surface area contributed by atoms with Crippen LogP contribution < -0.4 is 10.1 Å². The normalized spacial score (nSPS) is 15.7. The summed E-state index contributed by atoms with van der Waals surface area (Å²) < 4.78 is 9.32. The molecule has 0 saturated carbocycles. The molecule has 31 heavy (non-hydrogen) atoms. The van der Waals surface area contributed by atoms with Gasteiger partial charge in [0.05, 0.1) is 12.3 Å². The molecular weight excluding hydrogens is 394 g/mol. The predicted molar refractivity (Wildman–Crippen MR) is 115 cm³/mol. The molecular formula is C22H23N7O2. The van der Waals surface area contributed by atoms with Gasteiger partial charge in [-0.1, -0.05) is 31.5 Å². The number of unbranched alkanes of at least 4 members (excludes halogenated alkanes) is 1. The number of nitrogens with one attached hydrogen (secondary N) is 1. The lowest BCUT2D eigenvalue weighted by atomic mass is 9.85. The predicted octanol–water partition coefficient (Wildman–Crippen LogP) is 3.27. The number of rotatable bonds is 6. The molecule has 0 bridgehead atoms. The van der Waals surface area contributed by atoms with Gasteiger partial charge in [-0.15, -0.1) is 15.3 Å². The number of aromatic nitrogens is 6. The van der Waals surface area contributed by atoms with E-state index in [9.17, 15) is 4.79 Å². The lowest BCUT2D eigenvalue weighted by Crippen LogP contribution is -2.25. The van der Waals surface area contributed by atoms with Crippen LogP contribution in [-0.2, 0) is 4.79 Å². The van der Waals surface area contributed by atoms with Gasteiger partial charge in [0.1, 0.15) is 17.9 Å². The highest BCUT2D eigenvalue weighted by Gasteiger charge is 2.34. The van der Waals surface area contributed by atoms with Crippen LogP contribution in [0, 0.1) is 6.92 Å². The maximum atomic E-state index is 12.7. The SMILES string of the molecule is CCCCOc1ccccc1C1CC(=O)Nc2c1c(C)nn2-c1ccc2nncn2n1. The first-order chi connectivity index (χ1) is 15.2. The van der Waals surface area contributed by atoms with Gasteiger partial charge in [-0.3, -0.25) is 4.79 Å². The number of ether oxygens (including phenoxy) is 1. The zero-order valence-electron chi connectivity index (χ0n) is 17.4. The third-order valence-corrected chi connectivity index (χ3v) is 5.52. The summed E-state index contributed by atoms with van der Waals surface area (Å²) in [7, 11) is 0. The van der Waals surface area contributed by atoms with Gasteiger partial charge in [0.2, 0.25) is 5.91 Å². The molecule has 5 rings (SSSR count). The van der Waals surface area contributed by atoms with Crippen LogP contribution in [0.1, 0.15) is 48.9 Å². The molecule has 0 radical (unpaired) electrons. The summed E-state index contributed by atoms with van der Waals surface area (Å²) in [5.41, 5.74) is 3.46. The highest BCUT2D eigenvalue weighted by molar-refractivity contribution is 5.95. The van der Waals surface area contributed by atoms with Crippen molar-refractivity contribution in [3.05, 3.63) is 59.5 Å². The van der Waals surface area contributed by atoms with E-state index in [2.05, 4.69) is 27.5 Å². The van der Waals surface area contributed by atoms with E-state index in [1.807, 2.05) is 43.3 Å². The standard InChI is InChI=1S/C22H23N7O2/c1-3-4-11-31-17-8-6-5-7-15(17)16-12-20(30)24-22-21(16)14(2)26-29(22)19-10-9-18-25-23-13-28(18)27-19/h5-10,13,16H,3-4,11-12H2,1-2H3,(H,24,30). The van der Waals surface area contributed by atoms with Crippen molar-refractivity contribution in [3.8, 4) is 11.6 Å². The zero-order valence-corrected chi connectivity index (χ0v) is 17.4. The summed E-state index contributed by atoms with van der Waals surface area (Å²) in [6, 6.07) is 11.6. The molecule has 9 heteroatoms. The first-order valence-corrected chi connectivity index (χ1v) is 10.4. The number of hydrogen-bond acceptors (Lipinski definition) is 6. The monoisotopic (exact) mass is 417 g/mol. The summed E-state index contributed by atoms with van der Waals surface area (Å²) in [5.74, 6) is 1.83. The maximum absolute atomic E-state index is 12.7. The van der Waals surface area contributed by atoms with E-state index >= 15 is 0 Å². The Morgan fingerprint density at radius 2 is 2.06 bits per heavy atom. The topological polar surface area (TPSA) is 99.2 Å². The van der Waals surface area contributed by atoms with Crippen molar-refractivity contribution in [3.63, 3.8) is 0 Å². The number of nitrogens with zero attached hydrogens (tertiary/aromatic N) is 6. The molecule has 1 amide bonds. The number of aryl methyl sites for hydroxylation is 1. The highest BCUT2D eigenvalue weighted by Crippen LogP contribution is 2.42. The molecule has 1 aromatic carbocycles. The second-order valence-corrected chi connectivity index (χ2v) is 7.63. The van der Waals surface area contributed by atoms with Crippen molar-refractivity contribution >= 4 is 17.4 Å². The van der Waals surface area contributed by atoms with Crippen LogP contribution in [0.3, 0.4) is 0 Å². The van der Waals surface area contributed by atoms with Crippen LogP contribution in [0.25, 0.3) is 11.5 Å². The fraction of sp³-hybridized carbons (Fsp3) is 0.318. The van der Waals surface area contributed by atoms with Gasteiger partial charge in [-0.25, -0.2) is 0 Å². The molecule has 1 N–H and O–H groups in total. The molecule has 3 aromatic heterocycles. The van der Waals surface area contributed by atoms with Crippen molar-refractivity contribution in [2.24, 2.45) is 0 Å². The highest BCUT2D eigenvalue weighted by atomic mass is 16.5. The average molecular weight is 417 g/mol. The molecule has 9 nitrogen and oxygen atoms in total. The van der Waals surface area contributed by atoms with Crippen LogP contribution >= 0.6 is 0 Å². The minimum absolute atomic E-state index is 0.0626. The van der Waals surface area contributed by atoms with Crippen molar-refractivity contribution in [1.82, 2.24) is 29.6 Å². The first-order valence-electron chi connectivity index (χ1n) is 10.4. The van der Waals surface area contributed by atoms with Crippen molar-refractivity contribution in [2.45, 2.75) is 39.0 Å². The number of para-hydroxylation sites is 1. The van der Waals surface area contributed by atoms with E-state index < -0.39 is 0 Å². The van der Waals surface area contributed by atoms with E-state index in [1.165, 1.54) is 6.33 Å². The van der Waals surface area contributed by atoms with Gasteiger partial charge in [0.15, 0.2) is 11.5 Å². The second kappa shape index (κ2) is 7.82. The van der Waals surface area contributed by atoms with Crippen LogP contribution in [0.4, 0.5) is 5.82 Å². The van der Waals surface area contributed by atoms with Crippen molar-refractivity contribution in [2.75, 3.05) is 11.9 Å². The molecule has 4 heterocycles. The number of amides is 1. The average Bonchev–Trinajstić information content (AvgIpc) is 3.37. The smallest absolute Gasteiger partial charge is 0.226 e. The van der Waals surface area contributed by atoms with Crippen molar-refractivity contribution in [1.29, 1.82) is 0 Å². The summed E-state index contributed by atoms with van der Waals surface area (Å²) in [5, 5.41) is 20.1. The number of benzene rings is 1. The van der Waals surface area contributed by atoms with Gasteiger partial charge >= 0.3 is 0 Å². The number of hydrogen-bond donors (Lipinski definition) is 1. The molecule has 0 aliphatic carbocycles. The second-order valence-electron chi connectivity index (χ2n) is 7.63. The van der Waals surface area contributed by atoms with Gasteiger partial charge in [0, 0.05) is 23.5 Å². The number of carbonyl (C=O) groups excluding carboxylic acids is 1. The summed E-state index contributed by atoms with van der Waals surface area (Å²) in [4.78, 5) is 12.7. The van der Waals surface area contributed by atoms with Crippen LogP contribution in [0.2, 0.25) is 0 Å². The Hall–Kier alpha value is -3.75. The number of carbonyl (C=O) groups is 1. The summed E-state index contributed by atoms with van der Waals surface area (Å²) in [6.45, 7) is 4.74. The van der Waals surface area contributed by atoms with E-state index in [-0.39, 0.29) is 11.8 Å². The van der Waals surface area contributed by atoms with Crippen LogP contribution in [0.15, 0.2) is 42.7 Å². The quantitative estimate of drug-likeness (QED) is 0.484. The number of fused-ring (bicyclic) bond motifs is 2. The molecule has 0 saturated heterocycles. The Morgan fingerprint density at radius 1 is 1.19 bits per heavy atom. The van der Waals surface area contributed by atoms with Gasteiger partial charge in [0.25, 0.3) is 0 Å². The zero-order chi connectivity index (χ0) is 21.4. The maximum Gasteiger partial charge on any atom is 0.226 e. The third-order valence-electron chi connectivity index (χ3n) is 5.52. The van der Waals surface area contributed by atoms with E-state index in [4.69, 9.17) is 9.84 Å². The summed E-state index contributed by atoms with van der Waals surface area (Å²) >= 11 is 0. The van der Waals surface area contributed by atoms with Crippen molar-refractivity contribution < 1.29 is 9.53 Å².